The maximum Gasteiger partial charge on any atom is 0.142 e. The molecule has 0 aromatic heterocycles. The summed E-state index contributed by atoms with van der Waals surface area (Å²) in [5.41, 5.74) is 2.63. The van der Waals surface area contributed by atoms with Crippen LogP contribution in [-0.4, -0.2) is 0 Å². The average Bonchev–Trinajstić information content (AvgIpc) is 2.34. The first-order valence-electron chi connectivity index (χ1n) is 5.12. The van der Waals surface area contributed by atoms with E-state index >= 15 is 0 Å². The molecule has 0 radical (unpaired) electrons. The van der Waals surface area contributed by atoms with Crippen LogP contribution in [0.5, 0.6) is 0 Å². The molecule has 2 aromatic rings. The number of nitriles is 1. The van der Waals surface area contributed by atoms with Gasteiger partial charge in [-0.2, -0.15) is 5.26 Å². The third kappa shape index (κ3) is 2.64. The number of hydrogen-bond acceptors (Lipinski definition) is 1. The highest BCUT2D eigenvalue weighted by Crippen LogP contribution is 2.24. The summed E-state index contributed by atoms with van der Waals surface area (Å²) in [6, 6.07) is 14.3. The van der Waals surface area contributed by atoms with Gasteiger partial charge in [-0.15, -0.1) is 0 Å². The summed E-state index contributed by atoms with van der Waals surface area (Å²) in [6.07, 6.45) is 0.384. The van der Waals surface area contributed by atoms with E-state index in [4.69, 9.17) is 16.9 Å². The van der Waals surface area contributed by atoms with E-state index in [1.54, 1.807) is 6.07 Å². The van der Waals surface area contributed by atoms with Crippen LogP contribution in [-0.2, 0) is 6.42 Å². The molecule has 0 saturated heterocycles. The first-order chi connectivity index (χ1) is 8.20. The highest BCUT2D eigenvalue weighted by atomic mass is 35.5. The van der Waals surface area contributed by atoms with Crippen LogP contribution in [0, 0.1) is 17.1 Å². The Hall–Kier alpha value is -1.85. The largest absolute Gasteiger partial charge is 0.205 e. The van der Waals surface area contributed by atoms with Gasteiger partial charge in [0, 0.05) is 0 Å². The van der Waals surface area contributed by atoms with Crippen LogP contribution in [0.2, 0.25) is 5.02 Å². The number of rotatable bonds is 2. The zero-order chi connectivity index (χ0) is 12.3. The number of benzene rings is 2. The maximum atomic E-state index is 13.3. The summed E-state index contributed by atoms with van der Waals surface area (Å²) in [7, 11) is 0. The van der Waals surface area contributed by atoms with Gasteiger partial charge in [0.1, 0.15) is 5.82 Å². The van der Waals surface area contributed by atoms with Crippen molar-refractivity contribution in [2.75, 3.05) is 0 Å². The molecule has 0 aliphatic rings. The Bertz CT molecular complexity index is 570. The first-order valence-corrected chi connectivity index (χ1v) is 5.50. The molecule has 0 atom stereocenters. The molecule has 2 aromatic carbocycles. The van der Waals surface area contributed by atoms with Crippen molar-refractivity contribution in [2.45, 2.75) is 6.42 Å². The summed E-state index contributed by atoms with van der Waals surface area (Å²) in [6.45, 7) is 0. The molecule has 0 aliphatic heterocycles. The van der Waals surface area contributed by atoms with Crippen molar-refractivity contribution in [1.82, 2.24) is 0 Å². The second-order valence-corrected chi connectivity index (χ2v) is 4.07. The number of halogens is 2. The standard InChI is InChI=1S/C14H9ClFN/c15-13-6-5-12(9-14(13)16)11-3-1-10(2-4-11)7-8-17/h1-6,9H,7H2. The van der Waals surface area contributed by atoms with Gasteiger partial charge < -0.3 is 0 Å². The van der Waals surface area contributed by atoms with Crippen LogP contribution in [0.3, 0.4) is 0 Å². The van der Waals surface area contributed by atoms with Crippen molar-refractivity contribution in [1.29, 1.82) is 5.26 Å². The first kappa shape index (κ1) is 11.6. The minimum absolute atomic E-state index is 0.120. The van der Waals surface area contributed by atoms with Crippen LogP contribution in [0.1, 0.15) is 5.56 Å². The fourth-order valence-electron chi connectivity index (χ4n) is 1.58. The summed E-state index contributed by atoms with van der Waals surface area (Å²) in [4.78, 5) is 0. The lowest BCUT2D eigenvalue weighted by Gasteiger charge is -2.03. The SMILES string of the molecule is N#CCc1ccc(-c2ccc(Cl)c(F)c2)cc1. The minimum atomic E-state index is -0.426. The lowest BCUT2D eigenvalue weighted by molar-refractivity contribution is 0.629. The molecule has 0 heterocycles. The molecule has 0 unspecified atom stereocenters. The number of hydrogen-bond donors (Lipinski definition) is 0. The third-order valence-corrected chi connectivity index (χ3v) is 2.80. The molecule has 0 fully saturated rings. The van der Waals surface area contributed by atoms with Gasteiger partial charge in [0.15, 0.2) is 0 Å². The highest BCUT2D eigenvalue weighted by Gasteiger charge is 2.03. The topological polar surface area (TPSA) is 23.8 Å². The van der Waals surface area contributed by atoms with Crippen LogP contribution in [0.25, 0.3) is 11.1 Å². The molecule has 0 saturated carbocycles. The second kappa shape index (κ2) is 4.99. The Labute approximate surface area is 104 Å². The van der Waals surface area contributed by atoms with Crippen LogP contribution in [0.4, 0.5) is 4.39 Å². The van der Waals surface area contributed by atoms with Gasteiger partial charge in [-0.05, 0) is 28.8 Å². The average molecular weight is 246 g/mol. The summed E-state index contributed by atoms with van der Waals surface area (Å²) in [5.74, 6) is -0.426. The third-order valence-electron chi connectivity index (χ3n) is 2.49. The van der Waals surface area contributed by atoms with E-state index in [9.17, 15) is 4.39 Å². The fourth-order valence-corrected chi connectivity index (χ4v) is 1.70. The van der Waals surface area contributed by atoms with Gasteiger partial charge >= 0.3 is 0 Å². The Morgan fingerprint density at radius 1 is 1.06 bits per heavy atom. The van der Waals surface area contributed by atoms with Crippen molar-refractivity contribution >= 4 is 11.6 Å². The van der Waals surface area contributed by atoms with E-state index in [2.05, 4.69) is 6.07 Å². The molecule has 0 bridgehead atoms. The van der Waals surface area contributed by atoms with Crippen molar-refractivity contribution < 1.29 is 4.39 Å². The number of nitrogens with zero attached hydrogens (tertiary/aromatic N) is 1. The van der Waals surface area contributed by atoms with Crippen molar-refractivity contribution in [2.24, 2.45) is 0 Å². The predicted octanol–water partition coefficient (Wildman–Crippen LogP) is 4.21. The second-order valence-electron chi connectivity index (χ2n) is 3.66. The Morgan fingerprint density at radius 2 is 1.71 bits per heavy atom. The van der Waals surface area contributed by atoms with E-state index in [1.165, 1.54) is 12.1 Å². The van der Waals surface area contributed by atoms with Crippen molar-refractivity contribution in [3.8, 4) is 17.2 Å². The van der Waals surface area contributed by atoms with Crippen LogP contribution in [0.15, 0.2) is 42.5 Å². The normalized spacial score (nSPS) is 9.94. The quantitative estimate of drug-likeness (QED) is 0.777. The summed E-state index contributed by atoms with van der Waals surface area (Å²) >= 11 is 5.62. The zero-order valence-electron chi connectivity index (χ0n) is 8.95. The predicted molar refractivity (Wildman–Crippen MR) is 66.2 cm³/mol. The lowest BCUT2D eigenvalue weighted by atomic mass is 10.0. The van der Waals surface area contributed by atoms with Crippen molar-refractivity contribution in [3.63, 3.8) is 0 Å². The van der Waals surface area contributed by atoms with Gasteiger partial charge in [-0.3, -0.25) is 0 Å². The molecule has 3 heteroatoms. The summed E-state index contributed by atoms with van der Waals surface area (Å²) in [5, 5.41) is 8.68. The minimum Gasteiger partial charge on any atom is -0.205 e. The van der Waals surface area contributed by atoms with E-state index in [1.807, 2.05) is 24.3 Å². The van der Waals surface area contributed by atoms with Gasteiger partial charge in [0.05, 0.1) is 17.5 Å². The van der Waals surface area contributed by atoms with Gasteiger partial charge in [-0.1, -0.05) is 41.9 Å². The van der Waals surface area contributed by atoms with E-state index < -0.39 is 5.82 Å². The fraction of sp³-hybridized carbons (Fsp3) is 0.0714. The van der Waals surface area contributed by atoms with Crippen LogP contribution < -0.4 is 0 Å². The molecular weight excluding hydrogens is 237 g/mol. The molecule has 0 spiro atoms. The van der Waals surface area contributed by atoms with E-state index in [0.717, 1.165) is 16.7 Å². The van der Waals surface area contributed by atoms with E-state index in [0.29, 0.717) is 6.42 Å². The van der Waals surface area contributed by atoms with Crippen LogP contribution >= 0.6 is 11.6 Å². The van der Waals surface area contributed by atoms with Gasteiger partial charge in [-0.25, -0.2) is 4.39 Å². The zero-order valence-corrected chi connectivity index (χ0v) is 9.71. The molecule has 0 amide bonds. The monoisotopic (exact) mass is 245 g/mol. The molecule has 0 N–H and O–H groups in total. The molecule has 1 nitrogen and oxygen atoms in total. The van der Waals surface area contributed by atoms with Gasteiger partial charge in [0.25, 0.3) is 0 Å². The Kier molecular flexibility index (Phi) is 3.41. The lowest BCUT2D eigenvalue weighted by Crippen LogP contribution is -1.84. The molecule has 0 aliphatic carbocycles. The Balaban J connectivity index is 2.33. The molecule has 2 rings (SSSR count). The van der Waals surface area contributed by atoms with E-state index in [-0.39, 0.29) is 5.02 Å². The van der Waals surface area contributed by atoms with Gasteiger partial charge in [0.2, 0.25) is 0 Å². The Morgan fingerprint density at radius 3 is 2.29 bits per heavy atom. The molecule has 84 valence electrons. The maximum absolute atomic E-state index is 13.3. The molecule has 17 heavy (non-hydrogen) atoms. The smallest absolute Gasteiger partial charge is 0.142 e. The highest BCUT2D eigenvalue weighted by molar-refractivity contribution is 6.30. The summed E-state index contributed by atoms with van der Waals surface area (Å²) < 4.78 is 13.3. The molecular formula is C14H9ClFN. The van der Waals surface area contributed by atoms with Crippen molar-refractivity contribution in [3.05, 3.63) is 58.9 Å².